The zero-order valence-electron chi connectivity index (χ0n) is 13.4. The molecule has 2 aliphatic rings. The van der Waals surface area contributed by atoms with Crippen molar-refractivity contribution in [2.75, 3.05) is 0 Å². The van der Waals surface area contributed by atoms with Gasteiger partial charge in [-0.25, -0.2) is 0 Å². The number of aliphatic hydroxyl groups is 1. The number of rotatable bonds is 6. The van der Waals surface area contributed by atoms with Gasteiger partial charge in [-0.15, -0.1) is 0 Å². The molecule has 0 aromatic rings. The Morgan fingerprint density at radius 1 is 1.40 bits per heavy atom. The van der Waals surface area contributed by atoms with Crippen LogP contribution >= 0.6 is 0 Å². The molecule has 2 nitrogen and oxygen atoms in total. The summed E-state index contributed by atoms with van der Waals surface area (Å²) in [5, 5.41) is 10.4. The van der Waals surface area contributed by atoms with Gasteiger partial charge in [-0.2, -0.15) is 0 Å². The third kappa shape index (κ3) is 2.86. The molecule has 0 spiro atoms. The molecule has 0 saturated heterocycles. The van der Waals surface area contributed by atoms with E-state index in [2.05, 4.69) is 26.8 Å². The maximum atomic E-state index is 12.1. The Labute approximate surface area is 123 Å². The van der Waals surface area contributed by atoms with Gasteiger partial charge in [0.2, 0.25) is 0 Å². The molecule has 2 aliphatic carbocycles. The number of hydrogen-bond donors (Lipinski definition) is 1. The summed E-state index contributed by atoms with van der Waals surface area (Å²) in [5.74, 6) is 0.728. The predicted molar refractivity (Wildman–Crippen MR) is 82.5 cm³/mol. The first-order valence-electron chi connectivity index (χ1n) is 8.40. The number of Topliss-reactive ketones (excluding diaryl/α,β-unsaturated/α-hetero) is 1. The smallest absolute Gasteiger partial charge is 0.137 e. The third-order valence-electron chi connectivity index (χ3n) is 6.02. The van der Waals surface area contributed by atoms with E-state index in [1.807, 2.05) is 0 Å². The molecule has 0 aliphatic heterocycles. The van der Waals surface area contributed by atoms with E-state index in [0.29, 0.717) is 5.78 Å². The fourth-order valence-electron chi connectivity index (χ4n) is 4.20. The Kier molecular flexibility index (Phi) is 4.73. The highest BCUT2D eigenvalue weighted by molar-refractivity contribution is 5.84. The number of fused-ring (bicyclic) bond motifs is 1. The van der Waals surface area contributed by atoms with Crippen molar-refractivity contribution >= 4 is 5.78 Å². The summed E-state index contributed by atoms with van der Waals surface area (Å²) in [6, 6.07) is 0. The number of ketones is 1. The number of carbonyl (C=O) groups is 1. The van der Waals surface area contributed by atoms with Crippen LogP contribution in [0.4, 0.5) is 0 Å². The molecule has 0 radical (unpaired) electrons. The molecule has 2 atom stereocenters. The van der Waals surface area contributed by atoms with Gasteiger partial charge in [0.05, 0.1) is 5.60 Å². The largest absolute Gasteiger partial charge is 0.390 e. The summed E-state index contributed by atoms with van der Waals surface area (Å²) >= 11 is 0. The monoisotopic (exact) mass is 278 g/mol. The molecule has 2 unspecified atom stereocenters. The van der Waals surface area contributed by atoms with E-state index in [0.717, 1.165) is 51.4 Å². The first-order valence-corrected chi connectivity index (χ1v) is 8.40. The highest BCUT2D eigenvalue weighted by Crippen LogP contribution is 2.52. The molecule has 0 aromatic carbocycles. The first-order chi connectivity index (χ1) is 9.45. The normalized spacial score (nSPS) is 30.3. The minimum absolute atomic E-state index is 0.131. The van der Waals surface area contributed by atoms with Crippen LogP contribution in [0.2, 0.25) is 0 Å². The van der Waals surface area contributed by atoms with E-state index in [1.165, 1.54) is 12.0 Å². The van der Waals surface area contributed by atoms with Crippen molar-refractivity contribution in [1.29, 1.82) is 0 Å². The average Bonchev–Trinajstić information content (AvgIpc) is 2.77. The Balaban J connectivity index is 1.93. The van der Waals surface area contributed by atoms with Gasteiger partial charge >= 0.3 is 0 Å². The number of allylic oxidation sites excluding steroid dienone is 2. The van der Waals surface area contributed by atoms with Crippen LogP contribution in [0.15, 0.2) is 11.6 Å². The van der Waals surface area contributed by atoms with E-state index < -0.39 is 5.60 Å². The highest BCUT2D eigenvalue weighted by Gasteiger charge is 2.46. The molecule has 0 heterocycles. The second-order valence-corrected chi connectivity index (χ2v) is 7.04. The lowest BCUT2D eigenvalue weighted by Crippen LogP contribution is -2.35. The van der Waals surface area contributed by atoms with Crippen molar-refractivity contribution in [3.05, 3.63) is 11.6 Å². The quantitative estimate of drug-likeness (QED) is 0.731. The van der Waals surface area contributed by atoms with Crippen LogP contribution in [0.1, 0.15) is 78.6 Å². The Morgan fingerprint density at radius 2 is 2.10 bits per heavy atom. The van der Waals surface area contributed by atoms with E-state index in [4.69, 9.17) is 0 Å². The van der Waals surface area contributed by atoms with Gasteiger partial charge in [0.25, 0.3) is 0 Å². The molecule has 114 valence electrons. The van der Waals surface area contributed by atoms with Gasteiger partial charge < -0.3 is 5.11 Å². The summed E-state index contributed by atoms with van der Waals surface area (Å²) in [6.45, 7) is 6.42. The predicted octanol–water partition coefficient (Wildman–Crippen LogP) is 4.41. The maximum Gasteiger partial charge on any atom is 0.137 e. The van der Waals surface area contributed by atoms with Crippen LogP contribution < -0.4 is 0 Å². The van der Waals surface area contributed by atoms with E-state index in [-0.39, 0.29) is 11.3 Å². The van der Waals surface area contributed by atoms with Crippen LogP contribution in [0.5, 0.6) is 0 Å². The minimum Gasteiger partial charge on any atom is -0.390 e. The molecule has 0 aromatic heterocycles. The van der Waals surface area contributed by atoms with Crippen LogP contribution in [0, 0.1) is 11.3 Å². The summed E-state index contributed by atoms with van der Waals surface area (Å²) in [6.07, 6.45) is 10.9. The van der Waals surface area contributed by atoms with Gasteiger partial charge in [0.15, 0.2) is 0 Å². The second kappa shape index (κ2) is 6.01. The topological polar surface area (TPSA) is 37.3 Å². The number of hydrogen-bond acceptors (Lipinski definition) is 2. The molecule has 1 fully saturated rings. The average molecular weight is 278 g/mol. The van der Waals surface area contributed by atoms with Crippen molar-refractivity contribution in [3.63, 3.8) is 0 Å². The Morgan fingerprint density at radius 3 is 2.75 bits per heavy atom. The number of carbonyl (C=O) groups excluding carboxylic acids is 1. The van der Waals surface area contributed by atoms with Crippen molar-refractivity contribution in [1.82, 2.24) is 0 Å². The lowest BCUT2D eigenvalue weighted by molar-refractivity contribution is -0.128. The first kappa shape index (κ1) is 15.8. The molecule has 0 bridgehead atoms. The standard InChI is InChI=1S/C18H30O2/c1-4-18(20,5-2)13-6-8-14-10-11-15-16(19)9-7-12-17(14,15)3/h10,15,20H,4-9,11-13H2,1-3H3. The van der Waals surface area contributed by atoms with Crippen molar-refractivity contribution < 1.29 is 9.90 Å². The fraction of sp³-hybridized carbons (Fsp3) is 0.833. The zero-order valence-corrected chi connectivity index (χ0v) is 13.4. The fourth-order valence-corrected chi connectivity index (χ4v) is 4.20. The van der Waals surface area contributed by atoms with Gasteiger partial charge in [-0.1, -0.05) is 32.4 Å². The van der Waals surface area contributed by atoms with Gasteiger partial charge in [-0.05, 0) is 56.8 Å². The van der Waals surface area contributed by atoms with Gasteiger partial charge in [-0.3, -0.25) is 4.79 Å². The Hall–Kier alpha value is -0.630. The van der Waals surface area contributed by atoms with E-state index in [9.17, 15) is 9.90 Å². The molecule has 1 N–H and O–H groups in total. The third-order valence-corrected chi connectivity index (χ3v) is 6.02. The molecule has 1 saturated carbocycles. The van der Waals surface area contributed by atoms with Gasteiger partial charge in [0, 0.05) is 12.3 Å². The molecule has 2 rings (SSSR count). The summed E-state index contributed by atoms with van der Waals surface area (Å²) in [4.78, 5) is 12.1. The molecular formula is C18H30O2. The second-order valence-electron chi connectivity index (χ2n) is 7.04. The highest BCUT2D eigenvalue weighted by atomic mass is 16.3. The SMILES string of the molecule is CCC(O)(CC)CCCC1=CCC2C(=O)CCCC12C. The van der Waals surface area contributed by atoms with Crippen LogP contribution in [-0.2, 0) is 4.79 Å². The van der Waals surface area contributed by atoms with Gasteiger partial charge in [0.1, 0.15) is 5.78 Å². The maximum absolute atomic E-state index is 12.1. The lowest BCUT2D eigenvalue weighted by atomic mass is 9.65. The van der Waals surface area contributed by atoms with Crippen LogP contribution in [0.25, 0.3) is 0 Å². The summed E-state index contributed by atoms with van der Waals surface area (Å²) in [5.41, 5.74) is 1.14. The van der Waals surface area contributed by atoms with Crippen LogP contribution in [-0.4, -0.2) is 16.5 Å². The lowest BCUT2D eigenvalue weighted by Gasteiger charge is -2.38. The summed E-state index contributed by atoms with van der Waals surface area (Å²) < 4.78 is 0. The van der Waals surface area contributed by atoms with Crippen LogP contribution in [0.3, 0.4) is 0 Å². The Bertz CT molecular complexity index is 392. The molecule has 20 heavy (non-hydrogen) atoms. The molecule has 2 heteroatoms. The van der Waals surface area contributed by atoms with Crippen molar-refractivity contribution in [3.8, 4) is 0 Å². The minimum atomic E-state index is -0.484. The zero-order chi connectivity index (χ0) is 14.8. The van der Waals surface area contributed by atoms with E-state index in [1.54, 1.807) is 0 Å². The molecular weight excluding hydrogens is 248 g/mol. The summed E-state index contributed by atoms with van der Waals surface area (Å²) in [7, 11) is 0. The van der Waals surface area contributed by atoms with Crippen molar-refractivity contribution in [2.45, 2.75) is 84.2 Å². The van der Waals surface area contributed by atoms with E-state index >= 15 is 0 Å². The molecule has 0 amide bonds. The van der Waals surface area contributed by atoms with Crippen molar-refractivity contribution in [2.24, 2.45) is 11.3 Å².